The van der Waals surface area contributed by atoms with Gasteiger partial charge in [-0.15, -0.1) is 12.3 Å². The van der Waals surface area contributed by atoms with Crippen molar-refractivity contribution >= 4 is 27.9 Å². The van der Waals surface area contributed by atoms with Crippen LogP contribution in [0, 0.1) is 12.3 Å². The normalized spacial score (nSPS) is 13.1. The second-order valence-electron chi connectivity index (χ2n) is 3.82. The Morgan fingerprint density at radius 3 is 2.42 bits per heavy atom. The van der Waals surface area contributed by atoms with Gasteiger partial charge in [0.2, 0.25) is 5.41 Å². The van der Waals surface area contributed by atoms with E-state index in [2.05, 4.69) is 21.9 Å². The van der Waals surface area contributed by atoms with Crippen molar-refractivity contribution in [3.05, 3.63) is 34.3 Å². The quantitative estimate of drug-likeness (QED) is 0.513. The molecule has 0 amide bonds. The lowest BCUT2D eigenvalue weighted by Gasteiger charge is -2.25. The highest BCUT2D eigenvalue weighted by atomic mass is 79.9. The highest BCUT2D eigenvalue weighted by molar-refractivity contribution is 9.10. The maximum absolute atomic E-state index is 12.1. The van der Waals surface area contributed by atoms with Crippen molar-refractivity contribution in [1.82, 2.24) is 0 Å². The lowest BCUT2D eigenvalue weighted by atomic mass is 9.78. The van der Waals surface area contributed by atoms with Crippen molar-refractivity contribution in [2.24, 2.45) is 0 Å². The van der Waals surface area contributed by atoms with E-state index in [0.29, 0.717) is 5.56 Å². The first-order chi connectivity index (χ1) is 8.98. The zero-order valence-electron chi connectivity index (χ0n) is 10.4. The Bertz CT molecular complexity index is 515. The smallest absolute Gasteiger partial charge is 0.329 e. The molecule has 0 saturated carbocycles. The van der Waals surface area contributed by atoms with E-state index in [4.69, 9.17) is 11.2 Å². The lowest BCUT2D eigenvalue weighted by Crippen LogP contribution is -2.44. The minimum atomic E-state index is -1.86. The van der Waals surface area contributed by atoms with Gasteiger partial charge in [-0.3, -0.25) is 9.59 Å². The fourth-order valence-corrected chi connectivity index (χ4v) is 1.98. The topological polar surface area (TPSA) is 63.6 Å². The van der Waals surface area contributed by atoms with E-state index in [-0.39, 0.29) is 13.0 Å². The number of carbonyl (C=O) groups excluding carboxylic acids is 1. The molecular weight excluding hydrogens is 312 g/mol. The molecule has 4 nitrogen and oxygen atoms in total. The van der Waals surface area contributed by atoms with Gasteiger partial charge < -0.3 is 9.84 Å². The van der Waals surface area contributed by atoms with Gasteiger partial charge in [0.15, 0.2) is 0 Å². The van der Waals surface area contributed by atoms with Crippen LogP contribution in [-0.4, -0.2) is 23.7 Å². The molecule has 1 N–H and O–H groups in total. The summed E-state index contributed by atoms with van der Waals surface area (Å²) in [4.78, 5) is 23.7. The van der Waals surface area contributed by atoms with Gasteiger partial charge in [0.1, 0.15) is 0 Å². The van der Waals surface area contributed by atoms with Crippen molar-refractivity contribution in [2.75, 3.05) is 6.61 Å². The molecule has 1 aromatic carbocycles. The first-order valence-electron chi connectivity index (χ1n) is 5.59. The molecule has 0 saturated heterocycles. The number of hydrogen-bond donors (Lipinski definition) is 1. The molecule has 0 fully saturated rings. The number of aliphatic carboxylic acids is 1. The maximum Gasteiger partial charge on any atom is 0.329 e. The molecule has 1 aromatic rings. The Morgan fingerprint density at radius 1 is 1.42 bits per heavy atom. The first kappa shape index (κ1) is 15.3. The molecule has 0 aliphatic heterocycles. The van der Waals surface area contributed by atoms with Gasteiger partial charge in [0.25, 0.3) is 0 Å². The van der Waals surface area contributed by atoms with Crippen LogP contribution in [0.3, 0.4) is 0 Å². The highest BCUT2D eigenvalue weighted by Gasteiger charge is 2.49. The number of carbonyl (C=O) groups is 2. The summed E-state index contributed by atoms with van der Waals surface area (Å²) >= 11 is 3.25. The molecule has 100 valence electrons. The molecule has 1 rings (SSSR count). The van der Waals surface area contributed by atoms with E-state index in [1.165, 1.54) is 0 Å². The van der Waals surface area contributed by atoms with Crippen LogP contribution in [0.15, 0.2) is 28.7 Å². The van der Waals surface area contributed by atoms with Gasteiger partial charge in [0.05, 0.1) is 6.61 Å². The van der Waals surface area contributed by atoms with Crippen LogP contribution in [0.25, 0.3) is 0 Å². The predicted molar refractivity (Wildman–Crippen MR) is 73.5 cm³/mol. The molecule has 5 heteroatoms. The number of terminal acetylenes is 1. The molecule has 1 unspecified atom stereocenters. The van der Waals surface area contributed by atoms with E-state index in [1.54, 1.807) is 31.2 Å². The van der Waals surface area contributed by atoms with E-state index >= 15 is 0 Å². The van der Waals surface area contributed by atoms with E-state index in [1.807, 2.05) is 0 Å². The van der Waals surface area contributed by atoms with E-state index in [0.717, 1.165) is 4.47 Å². The monoisotopic (exact) mass is 324 g/mol. The summed E-state index contributed by atoms with van der Waals surface area (Å²) < 4.78 is 5.66. The molecule has 0 spiro atoms. The van der Waals surface area contributed by atoms with Crippen molar-refractivity contribution < 1.29 is 19.4 Å². The summed E-state index contributed by atoms with van der Waals surface area (Å²) in [6, 6.07) is 6.41. The number of carboxylic acid groups (broad SMARTS) is 1. The molecule has 0 aromatic heterocycles. The van der Waals surface area contributed by atoms with Gasteiger partial charge in [-0.25, -0.2) is 0 Å². The Hall–Kier alpha value is -1.80. The van der Waals surface area contributed by atoms with E-state index in [9.17, 15) is 14.7 Å². The number of hydrogen-bond acceptors (Lipinski definition) is 3. The molecule has 0 heterocycles. The molecule has 0 aliphatic carbocycles. The van der Waals surface area contributed by atoms with Crippen LogP contribution < -0.4 is 0 Å². The molecule has 1 atom stereocenters. The fraction of sp³-hybridized carbons (Fsp3) is 0.286. The van der Waals surface area contributed by atoms with Crippen LogP contribution in [-0.2, 0) is 19.7 Å². The number of halogens is 1. The Balaban J connectivity index is 3.39. The van der Waals surface area contributed by atoms with Crippen molar-refractivity contribution in [1.29, 1.82) is 0 Å². The second-order valence-corrected chi connectivity index (χ2v) is 4.73. The Kier molecular flexibility index (Phi) is 5.13. The second kappa shape index (κ2) is 6.39. The Morgan fingerprint density at radius 2 is 2.00 bits per heavy atom. The Labute approximate surface area is 119 Å². The van der Waals surface area contributed by atoms with Crippen molar-refractivity contribution in [2.45, 2.75) is 18.8 Å². The summed E-state index contributed by atoms with van der Waals surface area (Å²) in [5, 5.41) is 9.47. The van der Waals surface area contributed by atoms with E-state index < -0.39 is 17.4 Å². The van der Waals surface area contributed by atoms with Gasteiger partial charge in [-0.05, 0) is 24.6 Å². The summed E-state index contributed by atoms with van der Waals surface area (Å²) in [5.41, 5.74) is -1.55. The van der Waals surface area contributed by atoms with Crippen LogP contribution in [0.5, 0.6) is 0 Å². The molecular formula is C14H13BrO4. The van der Waals surface area contributed by atoms with Crippen LogP contribution in [0.4, 0.5) is 0 Å². The summed E-state index contributed by atoms with van der Waals surface area (Å²) in [7, 11) is 0. The molecule has 19 heavy (non-hydrogen) atoms. The van der Waals surface area contributed by atoms with Gasteiger partial charge in [-0.2, -0.15) is 0 Å². The summed E-state index contributed by atoms with van der Waals surface area (Å²) in [6.07, 6.45) is 4.96. The fourth-order valence-electron chi connectivity index (χ4n) is 1.72. The van der Waals surface area contributed by atoms with Gasteiger partial charge in [-0.1, -0.05) is 28.1 Å². The number of benzene rings is 1. The van der Waals surface area contributed by atoms with Crippen LogP contribution in [0.2, 0.25) is 0 Å². The molecule has 0 aliphatic rings. The molecule has 0 bridgehead atoms. The van der Waals surface area contributed by atoms with Crippen molar-refractivity contribution in [3.8, 4) is 12.3 Å². The SMILES string of the molecule is C#CCC(C(=O)O)(C(=O)OCC)c1ccc(Br)cc1. The number of rotatable bonds is 5. The summed E-state index contributed by atoms with van der Waals surface area (Å²) in [6.45, 7) is 1.71. The predicted octanol–water partition coefficient (Wildman–Crippen LogP) is 2.36. The molecule has 0 radical (unpaired) electrons. The largest absolute Gasteiger partial charge is 0.480 e. The maximum atomic E-state index is 12.1. The zero-order chi connectivity index (χ0) is 14.5. The van der Waals surface area contributed by atoms with Gasteiger partial charge in [0, 0.05) is 10.9 Å². The first-order valence-corrected chi connectivity index (χ1v) is 6.38. The van der Waals surface area contributed by atoms with Crippen LogP contribution >= 0.6 is 15.9 Å². The third-order valence-electron chi connectivity index (χ3n) is 2.69. The average molecular weight is 325 g/mol. The lowest BCUT2D eigenvalue weighted by molar-refractivity contribution is -0.161. The number of esters is 1. The standard InChI is InChI=1S/C14H13BrO4/c1-3-9-14(12(16)17,13(18)19-4-2)10-5-7-11(15)8-6-10/h1,5-8H,4,9H2,2H3,(H,16,17). The van der Waals surface area contributed by atoms with Gasteiger partial charge >= 0.3 is 11.9 Å². The summed E-state index contributed by atoms with van der Waals surface area (Å²) in [5.74, 6) is 0.0907. The third-order valence-corrected chi connectivity index (χ3v) is 3.22. The zero-order valence-corrected chi connectivity index (χ0v) is 11.9. The van der Waals surface area contributed by atoms with Crippen LogP contribution in [0.1, 0.15) is 18.9 Å². The minimum absolute atomic E-state index is 0.0922. The number of ether oxygens (including phenoxy) is 1. The minimum Gasteiger partial charge on any atom is -0.480 e. The average Bonchev–Trinajstić information content (AvgIpc) is 2.37. The number of carboxylic acids is 1. The third kappa shape index (κ3) is 2.96. The highest BCUT2D eigenvalue weighted by Crippen LogP contribution is 2.31. The van der Waals surface area contributed by atoms with Crippen molar-refractivity contribution in [3.63, 3.8) is 0 Å².